The van der Waals surface area contributed by atoms with Gasteiger partial charge < -0.3 is 26.0 Å². The van der Waals surface area contributed by atoms with E-state index >= 15 is 0 Å². The maximum atomic E-state index is 13.6. The molecule has 3 rings (SSSR count). The molecule has 0 radical (unpaired) electrons. The number of nitrogens with one attached hydrogen (secondary N) is 2. The number of carboxylic acid groups (broad SMARTS) is 1. The van der Waals surface area contributed by atoms with Crippen molar-refractivity contribution in [3.8, 4) is 11.5 Å². The molecule has 12 nitrogen and oxygen atoms in total. The maximum Gasteiger partial charge on any atom is 0.344 e. The normalized spacial score (nSPS) is 18.1. The number of amides is 4. The number of amidine groups is 1. The molecular formula is C23H25N5O7. The van der Waals surface area contributed by atoms with Gasteiger partial charge in [-0.05, 0) is 30.2 Å². The van der Waals surface area contributed by atoms with Crippen LogP contribution in [0.2, 0.25) is 0 Å². The van der Waals surface area contributed by atoms with E-state index in [1.807, 2.05) is 0 Å². The number of benzene rings is 2. The molecule has 1 aliphatic rings. The molecule has 2 aromatic carbocycles. The second-order valence-electron chi connectivity index (χ2n) is 8.07. The highest BCUT2D eigenvalue weighted by atomic mass is 16.5. The summed E-state index contributed by atoms with van der Waals surface area (Å²) < 4.78 is 5.08. The number of urea groups is 1. The fourth-order valence-corrected chi connectivity index (χ4v) is 3.91. The fourth-order valence-electron chi connectivity index (χ4n) is 3.91. The van der Waals surface area contributed by atoms with Crippen LogP contribution in [0.3, 0.4) is 0 Å². The lowest BCUT2D eigenvalue weighted by Crippen LogP contribution is -2.52. The molecule has 12 heteroatoms. The van der Waals surface area contributed by atoms with Crippen molar-refractivity contribution in [3.63, 3.8) is 0 Å². The van der Waals surface area contributed by atoms with E-state index in [9.17, 15) is 29.4 Å². The second-order valence-corrected chi connectivity index (χ2v) is 8.07. The molecule has 0 spiro atoms. The minimum absolute atomic E-state index is 0.0222. The number of imide groups is 1. The van der Waals surface area contributed by atoms with E-state index in [2.05, 4.69) is 5.32 Å². The highest BCUT2D eigenvalue weighted by Crippen LogP contribution is 2.37. The van der Waals surface area contributed by atoms with Crippen molar-refractivity contribution in [1.82, 2.24) is 15.3 Å². The molecule has 0 saturated carbocycles. The third-order valence-electron chi connectivity index (χ3n) is 5.73. The van der Waals surface area contributed by atoms with Crippen LogP contribution in [-0.4, -0.2) is 57.0 Å². The number of carbonyl (C=O) groups excluding carboxylic acids is 3. The quantitative estimate of drug-likeness (QED) is 0.212. The molecule has 0 unspecified atom stereocenters. The van der Waals surface area contributed by atoms with E-state index in [4.69, 9.17) is 15.9 Å². The molecule has 1 saturated heterocycles. The zero-order valence-electron chi connectivity index (χ0n) is 19.2. The fraction of sp³-hybridized carbons (Fsp3) is 0.261. The first-order valence-electron chi connectivity index (χ1n) is 10.4. The Morgan fingerprint density at radius 2 is 1.86 bits per heavy atom. The van der Waals surface area contributed by atoms with Gasteiger partial charge in [-0.25, -0.2) is 9.80 Å². The number of ether oxygens (including phenoxy) is 1. The van der Waals surface area contributed by atoms with Crippen molar-refractivity contribution in [1.29, 1.82) is 5.41 Å². The van der Waals surface area contributed by atoms with E-state index in [1.54, 1.807) is 0 Å². The number of nitrogens with two attached hydrogens (primary N) is 1. The van der Waals surface area contributed by atoms with Gasteiger partial charge in [0.2, 0.25) is 5.91 Å². The molecule has 0 bridgehead atoms. The molecule has 184 valence electrons. The summed E-state index contributed by atoms with van der Waals surface area (Å²) in [6.45, 7) is 2.55. The highest BCUT2D eigenvalue weighted by Gasteiger charge is 2.53. The Labute approximate surface area is 200 Å². The van der Waals surface area contributed by atoms with Gasteiger partial charge >= 0.3 is 12.0 Å². The molecule has 1 heterocycles. The Kier molecular flexibility index (Phi) is 6.67. The number of carboxylic acids is 1. The molecule has 1 fully saturated rings. The minimum Gasteiger partial charge on any atom is -0.504 e. The van der Waals surface area contributed by atoms with E-state index in [0.29, 0.717) is 16.1 Å². The summed E-state index contributed by atoms with van der Waals surface area (Å²) in [5, 5.41) is 30.9. The molecule has 2 aromatic rings. The highest BCUT2D eigenvalue weighted by molar-refractivity contribution is 6.08. The van der Waals surface area contributed by atoms with Gasteiger partial charge in [0.05, 0.1) is 19.6 Å². The standard InChI is InChI=1S/C23H25N5O7/c1-12(29)27(16(11-19(31)32)14-6-9-17(30)18(10-14)35-3)28-21(33)23(2,26-22(28)34)15-7-4-13(5-8-15)20(24)25/h4-10,16,30H,11H2,1-3H3,(H3,24,25)(H,26,34)(H,31,32)/t16-,23-/m1/s1. The molecule has 4 amide bonds. The predicted octanol–water partition coefficient (Wildman–Crippen LogP) is 1.43. The summed E-state index contributed by atoms with van der Waals surface area (Å²) >= 11 is 0. The SMILES string of the molecule is COc1cc([C@@H](CC(=O)O)N(C(C)=O)N2C(=O)N[C@](C)(c3ccc(C(=N)N)cc3)C2=O)ccc1O. The van der Waals surface area contributed by atoms with Crippen molar-refractivity contribution in [2.24, 2.45) is 5.73 Å². The average molecular weight is 483 g/mol. The summed E-state index contributed by atoms with van der Waals surface area (Å²) in [5.74, 6) is -3.22. The lowest BCUT2D eigenvalue weighted by atomic mass is 9.91. The summed E-state index contributed by atoms with van der Waals surface area (Å²) in [5.41, 5.74) is 4.90. The zero-order valence-corrected chi connectivity index (χ0v) is 19.2. The number of nitrogens with zero attached hydrogens (tertiary/aromatic N) is 2. The van der Waals surface area contributed by atoms with Crippen LogP contribution in [0.5, 0.6) is 11.5 Å². The third kappa shape index (κ3) is 4.58. The predicted molar refractivity (Wildman–Crippen MR) is 122 cm³/mol. The molecule has 0 aliphatic carbocycles. The van der Waals surface area contributed by atoms with Gasteiger partial charge in [0.15, 0.2) is 11.5 Å². The number of carbonyl (C=O) groups is 4. The minimum atomic E-state index is -1.58. The summed E-state index contributed by atoms with van der Waals surface area (Å²) in [6.07, 6.45) is -0.644. The van der Waals surface area contributed by atoms with E-state index in [1.165, 1.54) is 56.5 Å². The summed E-state index contributed by atoms with van der Waals surface area (Å²) in [6, 6.07) is 7.84. The van der Waals surface area contributed by atoms with Crippen molar-refractivity contribution in [3.05, 3.63) is 59.2 Å². The number of aromatic hydroxyl groups is 1. The molecule has 1 aliphatic heterocycles. The average Bonchev–Trinajstić information content (AvgIpc) is 3.02. The van der Waals surface area contributed by atoms with Crippen LogP contribution in [0.15, 0.2) is 42.5 Å². The van der Waals surface area contributed by atoms with Crippen LogP contribution in [0.25, 0.3) is 0 Å². The number of methoxy groups -OCH3 is 1. The smallest absolute Gasteiger partial charge is 0.344 e. The van der Waals surface area contributed by atoms with Crippen molar-refractivity contribution >= 4 is 29.7 Å². The number of hydrogen-bond acceptors (Lipinski definition) is 7. The molecule has 0 aromatic heterocycles. The van der Waals surface area contributed by atoms with Crippen LogP contribution in [0, 0.1) is 5.41 Å². The maximum absolute atomic E-state index is 13.6. The van der Waals surface area contributed by atoms with Gasteiger partial charge in [0.25, 0.3) is 5.91 Å². The first kappa shape index (κ1) is 25.0. The number of phenols is 1. The van der Waals surface area contributed by atoms with Gasteiger partial charge in [-0.1, -0.05) is 30.3 Å². The van der Waals surface area contributed by atoms with Gasteiger partial charge in [-0.3, -0.25) is 19.8 Å². The van der Waals surface area contributed by atoms with Crippen LogP contribution < -0.4 is 15.8 Å². The number of nitrogen functional groups attached to an aromatic ring is 1. The molecular weight excluding hydrogens is 458 g/mol. The van der Waals surface area contributed by atoms with Crippen molar-refractivity contribution in [2.75, 3.05) is 7.11 Å². The number of phenolic OH excluding ortho intramolecular Hbond substituents is 1. The van der Waals surface area contributed by atoms with Crippen LogP contribution in [-0.2, 0) is 19.9 Å². The Morgan fingerprint density at radius 1 is 1.23 bits per heavy atom. The Bertz CT molecular complexity index is 1210. The van der Waals surface area contributed by atoms with E-state index in [0.717, 1.165) is 11.9 Å². The second kappa shape index (κ2) is 9.33. The number of rotatable bonds is 8. The van der Waals surface area contributed by atoms with E-state index in [-0.39, 0.29) is 22.9 Å². The number of aliphatic carboxylic acids is 1. The van der Waals surface area contributed by atoms with Crippen LogP contribution >= 0.6 is 0 Å². The Balaban J connectivity index is 2.08. The lowest BCUT2D eigenvalue weighted by Gasteiger charge is -2.35. The Morgan fingerprint density at radius 3 is 2.37 bits per heavy atom. The summed E-state index contributed by atoms with van der Waals surface area (Å²) in [4.78, 5) is 51.0. The van der Waals surface area contributed by atoms with Crippen LogP contribution in [0.4, 0.5) is 4.79 Å². The third-order valence-corrected chi connectivity index (χ3v) is 5.73. The molecule has 35 heavy (non-hydrogen) atoms. The van der Waals surface area contributed by atoms with Gasteiger partial charge in [0, 0.05) is 12.5 Å². The summed E-state index contributed by atoms with van der Waals surface area (Å²) in [7, 11) is 1.30. The lowest BCUT2D eigenvalue weighted by molar-refractivity contribution is -0.162. The Hall–Kier alpha value is -4.61. The van der Waals surface area contributed by atoms with Gasteiger partial charge in [-0.15, -0.1) is 0 Å². The largest absolute Gasteiger partial charge is 0.504 e. The molecule has 6 N–H and O–H groups in total. The zero-order chi connectivity index (χ0) is 26.1. The van der Waals surface area contributed by atoms with Crippen molar-refractivity contribution in [2.45, 2.75) is 31.8 Å². The topological polar surface area (TPSA) is 186 Å². The monoisotopic (exact) mass is 483 g/mol. The van der Waals surface area contributed by atoms with Gasteiger partial charge in [0.1, 0.15) is 11.4 Å². The van der Waals surface area contributed by atoms with Crippen molar-refractivity contribution < 1.29 is 34.1 Å². The number of hydrazine groups is 1. The van der Waals surface area contributed by atoms with Gasteiger partial charge in [-0.2, -0.15) is 5.01 Å². The first-order chi connectivity index (χ1) is 16.4. The molecule has 2 atom stereocenters. The number of hydrogen-bond donors (Lipinski definition) is 5. The van der Waals surface area contributed by atoms with Crippen LogP contribution in [0.1, 0.15) is 43.0 Å². The van der Waals surface area contributed by atoms with E-state index < -0.39 is 41.8 Å². The first-order valence-corrected chi connectivity index (χ1v) is 10.4.